The van der Waals surface area contributed by atoms with E-state index < -0.39 is 0 Å². The summed E-state index contributed by atoms with van der Waals surface area (Å²) in [6.45, 7) is 4.41. The summed E-state index contributed by atoms with van der Waals surface area (Å²) in [7, 11) is 0. The molecule has 20 heavy (non-hydrogen) atoms. The third-order valence-electron chi connectivity index (χ3n) is 4.46. The zero-order chi connectivity index (χ0) is 14.4. The maximum absolute atomic E-state index is 10.2. The lowest BCUT2D eigenvalue weighted by atomic mass is 10.0. The fraction of sp³-hybridized carbons (Fsp3) is 0.667. The Morgan fingerprint density at radius 3 is 2.55 bits per heavy atom. The zero-order valence-corrected chi connectivity index (χ0v) is 12.9. The second kappa shape index (κ2) is 7.80. The summed E-state index contributed by atoms with van der Waals surface area (Å²) in [5.41, 5.74) is 2.74. The molecule has 0 spiro atoms. The van der Waals surface area contributed by atoms with Gasteiger partial charge in [0.25, 0.3) is 0 Å². The van der Waals surface area contributed by atoms with Crippen molar-refractivity contribution in [2.45, 2.75) is 77.0 Å². The van der Waals surface area contributed by atoms with Crippen LogP contribution >= 0.6 is 0 Å². The highest BCUT2D eigenvalue weighted by Gasteiger charge is 2.23. The Kier molecular flexibility index (Phi) is 6.06. The van der Waals surface area contributed by atoms with Crippen molar-refractivity contribution < 1.29 is 5.11 Å². The minimum Gasteiger partial charge on any atom is -0.392 e. The van der Waals surface area contributed by atoms with Crippen molar-refractivity contribution >= 4 is 0 Å². The molecule has 0 radical (unpaired) electrons. The number of aliphatic hydroxyl groups is 1. The van der Waals surface area contributed by atoms with Crippen molar-refractivity contribution in [2.24, 2.45) is 0 Å². The van der Waals surface area contributed by atoms with Crippen LogP contribution in [0.3, 0.4) is 0 Å². The largest absolute Gasteiger partial charge is 0.392 e. The van der Waals surface area contributed by atoms with E-state index in [1.807, 2.05) is 0 Å². The molecular formula is C18H29NO. The van der Waals surface area contributed by atoms with Gasteiger partial charge in [-0.25, -0.2) is 0 Å². The molecule has 0 saturated heterocycles. The van der Waals surface area contributed by atoms with Gasteiger partial charge in [0.2, 0.25) is 0 Å². The number of rotatable bonds is 5. The van der Waals surface area contributed by atoms with E-state index in [1.165, 1.54) is 36.8 Å². The van der Waals surface area contributed by atoms with Gasteiger partial charge >= 0.3 is 0 Å². The van der Waals surface area contributed by atoms with E-state index in [9.17, 15) is 5.11 Å². The predicted octanol–water partition coefficient (Wildman–Crippen LogP) is 3.98. The molecule has 0 aliphatic heterocycles. The summed E-state index contributed by atoms with van der Waals surface area (Å²) in [5.74, 6) is 0. The number of hydrogen-bond donors (Lipinski definition) is 2. The molecule has 1 aliphatic carbocycles. The summed E-state index contributed by atoms with van der Waals surface area (Å²) in [4.78, 5) is 0. The summed E-state index contributed by atoms with van der Waals surface area (Å²) in [6.07, 6.45) is 7.87. The number of nitrogens with one attached hydrogen (secondary N) is 1. The Morgan fingerprint density at radius 1 is 1.15 bits per heavy atom. The lowest BCUT2D eigenvalue weighted by molar-refractivity contribution is 0.115. The first-order valence-electron chi connectivity index (χ1n) is 8.23. The molecule has 1 saturated carbocycles. The minimum absolute atomic E-state index is 0.181. The van der Waals surface area contributed by atoms with Crippen molar-refractivity contribution in [1.29, 1.82) is 0 Å². The molecule has 0 bridgehead atoms. The van der Waals surface area contributed by atoms with Crippen LogP contribution in [0.4, 0.5) is 0 Å². The van der Waals surface area contributed by atoms with E-state index in [1.54, 1.807) is 0 Å². The quantitative estimate of drug-likeness (QED) is 0.797. The molecule has 1 aliphatic rings. The molecule has 2 N–H and O–H groups in total. The van der Waals surface area contributed by atoms with Gasteiger partial charge in [-0.3, -0.25) is 0 Å². The van der Waals surface area contributed by atoms with E-state index in [-0.39, 0.29) is 12.1 Å². The van der Waals surface area contributed by atoms with Crippen molar-refractivity contribution in [3.05, 3.63) is 35.4 Å². The van der Waals surface area contributed by atoms with Crippen LogP contribution in [0.15, 0.2) is 24.3 Å². The highest BCUT2D eigenvalue weighted by molar-refractivity contribution is 5.25. The van der Waals surface area contributed by atoms with E-state index in [2.05, 4.69) is 43.4 Å². The van der Waals surface area contributed by atoms with Crippen LogP contribution in [0.25, 0.3) is 0 Å². The minimum atomic E-state index is -0.181. The average Bonchev–Trinajstić information content (AvgIpc) is 2.65. The summed E-state index contributed by atoms with van der Waals surface area (Å²) < 4.78 is 0. The second-order valence-corrected chi connectivity index (χ2v) is 6.19. The SMILES string of the molecule is CCCc1ccc(C(C)NC2CCCCCC2O)cc1. The molecule has 0 amide bonds. The molecule has 3 unspecified atom stereocenters. The molecule has 2 nitrogen and oxygen atoms in total. The van der Waals surface area contributed by atoms with Gasteiger partial charge in [-0.05, 0) is 37.3 Å². The maximum atomic E-state index is 10.2. The van der Waals surface area contributed by atoms with Crippen LogP contribution in [0.5, 0.6) is 0 Å². The summed E-state index contributed by atoms with van der Waals surface area (Å²) in [5, 5.41) is 13.8. The molecule has 1 aromatic rings. The van der Waals surface area contributed by atoms with Gasteiger partial charge in [-0.1, -0.05) is 56.9 Å². The van der Waals surface area contributed by atoms with Crippen molar-refractivity contribution in [2.75, 3.05) is 0 Å². The molecule has 0 aromatic heterocycles. The van der Waals surface area contributed by atoms with Crippen LogP contribution in [-0.4, -0.2) is 17.3 Å². The normalized spacial score (nSPS) is 25.1. The smallest absolute Gasteiger partial charge is 0.0693 e. The van der Waals surface area contributed by atoms with Gasteiger partial charge in [-0.2, -0.15) is 0 Å². The van der Waals surface area contributed by atoms with Gasteiger partial charge in [0.1, 0.15) is 0 Å². The monoisotopic (exact) mass is 275 g/mol. The Labute approximate surface area is 123 Å². The first kappa shape index (κ1) is 15.5. The van der Waals surface area contributed by atoms with Crippen LogP contribution in [0.2, 0.25) is 0 Å². The van der Waals surface area contributed by atoms with Gasteiger partial charge in [0.05, 0.1) is 6.10 Å². The highest BCUT2D eigenvalue weighted by Crippen LogP contribution is 2.22. The Bertz CT molecular complexity index is 387. The van der Waals surface area contributed by atoms with Gasteiger partial charge in [0.15, 0.2) is 0 Å². The summed E-state index contributed by atoms with van der Waals surface area (Å²) >= 11 is 0. The number of benzene rings is 1. The third-order valence-corrected chi connectivity index (χ3v) is 4.46. The van der Waals surface area contributed by atoms with Gasteiger partial charge in [0, 0.05) is 12.1 Å². The van der Waals surface area contributed by atoms with E-state index in [0.29, 0.717) is 6.04 Å². The van der Waals surface area contributed by atoms with Crippen LogP contribution in [-0.2, 0) is 6.42 Å². The fourth-order valence-electron chi connectivity index (χ4n) is 3.16. The van der Waals surface area contributed by atoms with E-state index >= 15 is 0 Å². The highest BCUT2D eigenvalue weighted by atomic mass is 16.3. The molecule has 112 valence electrons. The lowest BCUT2D eigenvalue weighted by Crippen LogP contribution is -2.40. The number of hydrogen-bond acceptors (Lipinski definition) is 2. The van der Waals surface area contributed by atoms with Crippen molar-refractivity contribution in [1.82, 2.24) is 5.32 Å². The Hall–Kier alpha value is -0.860. The molecular weight excluding hydrogens is 246 g/mol. The maximum Gasteiger partial charge on any atom is 0.0693 e. The zero-order valence-electron chi connectivity index (χ0n) is 12.9. The molecule has 1 aromatic carbocycles. The molecule has 0 heterocycles. The number of aryl methyl sites for hydroxylation is 1. The first-order chi connectivity index (χ1) is 9.70. The van der Waals surface area contributed by atoms with Crippen LogP contribution in [0.1, 0.15) is 69.5 Å². The standard InChI is InChI=1S/C18H29NO/c1-3-7-15-10-12-16(13-11-15)14(2)19-17-8-5-4-6-9-18(17)20/h10-14,17-20H,3-9H2,1-2H3. The predicted molar refractivity (Wildman–Crippen MR) is 84.9 cm³/mol. The number of aliphatic hydroxyl groups excluding tert-OH is 1. The topological polar surface area (TPSA) is 32.3 Å². The molecule has 3 atom stereocenters. The molecule has 2 rings (SSSR count). The molecule has 1 fully saturated rings. The van der Waals surface area contributed by atoms with E-state index in [4.69, 9.17) is 0 Å². The second-order valence-electron chi connectivity index (χ2n) is 6.19. The average molecular weight is 275 g/mol. The summed E-state index contributed by atoms with van der Waals surface area (Å²) in [6, 6.07) is 9.49. The van der Waals surface area contributed by atoms with E-state index in [0.717, 1.165) is 19.3 Å². The Balaban J connectivity index is 1.94. The van der Waals surface area contributed by atoms with Crippen molar-refractivity contribution in [3.63, 3.8) is 0 Å². The molecule has 2 heteroatoms. The van der Waals surface area contributed by atoms with Gasteiger partial charge < -0.3 is 10.4 Å². The third kappa shape index (κ3) is 4.32. The Morgan fingerprint density at radius 2 is 1.85 bits per heavy atom. The lowest BCUT2D eigenvalue weighted by Gasteiger charge is -2.26. The van der Waals surface area contributed by atoms with Crippen LogP contribution in [0, 0.1) is 0 Å². The fourth-order valence-corrected chi connectivity index (χ4v) is 3.16. The van der Waals surface area contributed by atoms with Crippen molar-refractivity contribution in [3.8, 4) is 0 Å². The van der Waals surface area contributed by atoms with Gasteiger partial charge in [-0.15, -0.1) is 0 Å². The van der Waals surface area contributed by atoms with Crippen LogP contribution < -0.4 is 5.32 Å². The first-order valence-corrected chi connectivity index (χ1v) is 8.23.